The van der Waals surface area contributed by atoms with Gasteiger partial charge < -0.3 is 4.74 Å². The third-order valence-electron chi connectivity index (χ3n) is 3.19. The molecule has 0 heterocycles. The Morgan fingerprint density at radius 3 is 2.55 bits per heavy atom. The Kier molecular flexibility index (Phi) is 7.99. The van der Waals surface area contributed by atoms with Crippen molar-refractivity contribution in [2.45, 2.75) is 59.0 Å². The van der Waals surface area contributed by atoms with Gasteiger partial charge in [0, 0.05) is 30.9 Å². The predicted molar refractivity (Wildman–Crippen MR) is 87.5 cm³/mol. The average molecular weight is 300 g/mol. The molecule has 0 radical (unpaired) electrons. The number of benzene rings is 1. The zero-order valence-corrected chi connectivity index (χ0v) is 13.6. The molecule has 1 aromatic carbocycles. The summed E-state index contributed by atoms with van der Waals surface area (Å²) in [5.74, 6) is 5.71. The average Bonchev–Trinajstić information content (AvgIpc) is 2.50. The molecule has 0 fully saturated rings. The molecule has 0 aliphatic heterocycles. The lowest BCUT2D eigenvalue weighted by Gasteiger charge is -2.15. The number of unbranched alkanes of at least 4 members (excludes halogenated alkanes) is 2. The second-order valence-electron chi connectivity index (χ2n) is 5.17. The van der Waals surface area contributed by atoms with E-state index in [1.165, 1.54) is 6.92 Å². The van der Waals surface area contributed by atoms with Gasteiger partial charge in [-0.15, -0.1) is 0 Å². The lowest BCUT2D eigenvalue weighted by molar-refractivity contribution is -0.144. The number of carbonyl (C=O) groups is 2. The lowest BCUT2D eigenvalue weighted by atomic mass is 9.97. The lowest BCUT2D eigenvalue weighted by Crippen LogP contribution is -2.12. The molecular weight excluding hydrogens is 276 g/mol. The summed E-state index contributed by atoms with van der Waals surface area (Å²) in [4.78, 5) is 23.6. The first-order valence-electron chi connectivity index (χ1n) is 7.87. The minimum atomic E-state index is -0.675. The van der Waals surface area contributed by atoms with Crippen LogP contribution in [0.5, 0.6) is 0 Å². The van der Waals surface area contributed by atoms with Crippen molar-refractivity contribution in [2.24, 2.45) is 0 Å². The van der Waals surface area contributed by atoms with Gasteiger partial charge in [0.25, 0.3) is 0 Å². The fourth-order valence-corrected chi connectivity index (χ4v) is 2.11. The zero-order valence-electron chi connectivity index (χ0n) is 13.6. The Labute approximate surface area is 133 Å². The molecule has 3 heteroatoms. The molecule has 3 nitrogen and oxygen atoms in total. The fraction of sp³-hybridized carbons (Fsp3) is 0.474. The van der Waals surface area contributed by atoms with Crippen molar-refractivity contribution in [3.05, 3.63) is 35.4 Å². The van der Waals surface area contributed by atoms with E-state index in [0.29, 0.717) is 17.5 Å². The van der Waals surface area contributed by atoms with Crippen LogP contribution in [0.3, 0.4) is 0 Å². The van der Waals surface area contributed by atoms with E-state index in [4.69, 9.17) is 4.74 Å². The second-order valence-corrected chi connectivity index (χ2v) is 5.17. The smallest absolute Gasteiger partial charge is 0.304 e. The molecule has 1 unspecified atom stereocenters. The fourth-order valence-electron chi connectivity index (χ4n) is 2.11. The summed E-state index contributed by atoms with van der Waals surface area (Å²) >= 11 is 0. The maximum absolute atomic E-state index is 12.2. The Bertz CT molecular complexity index is 564. The number of rotatable bonds is 7. The summed E-state index contributed by atoms with van der Waals surface area (Å²) in [5.41, 5.74) is 1.28. The molecule has 0 aliphatic carbocycles. The highest BCUT2D eigenvalue weighted by Gasteiger charge is 2.19. The number of Topliss-reactive ketones (excluding diaryl/α,β-unsaturated/α-hetero) is 1. The standard InChI is InChI=1S/C19H24O3/c1-4-6-7-8-14-19(22-15(3)20)17-13-10-9-12-16(17)18(21)11-5-2/h9-10,12-13,19H,4-7,11H2,1-3H3. The van der Waals surface area contributed by atoms with Gasteiger partial charge in [-0.3, -0.25) is 9.59 Å². The van der Waals surface area contributed by atoms with Gasteiger partial charge in [0.15, 0.2) is 11.9 Å². The van der Waals surface area contributed by atoms with Crippen molar-refractivity contribution >= 4 is 11.8 Å². The van der Waals surface area contributed by atoms with E-state index in [0.717, 1.165) is 25.7 Å². The Morgan fingerprint density at radius 1 is 1.18 bits per heavy atom. The van der Waals surface area contributed by atoms with Gasteiger partial charge in [-0.05, 0) is 12.8 Å². The van der Waals surface area contributed by atoms with E-state index in [1.54, 1.807) is 6.07 Å². The molecule has 0 bridgehead atoms. The highest BCUT2D eigenvalue weighted by atomic mass is 16.5. The molecule has 1 aromatic rings. The van der Waals surface area contributed by atoms with E-state index in [-0.39, 0.29) is 5.78 Å². The molecule has 0 aromatic heterocycles. The van der Waals surface area contributed by atoms with Crippen LogP contribution in [-0.2, 0) is 9.53 Å². The quantitative estimate of drug-likeness (QED) is 0.323. The van der Waals surface area contributed by atoms with Gasteiger partial charge in [0.05, 0.1) is 0 Å². The van der Waals surface area contributed by atoms with E-state index in [1.807, 2.05) is 25.1 Å². The summed E-state index contributed by atoms with van der Waals surface area (Å²) in [5, 5.41) is 0. The van der Waals surface area contributed by atoms with Gasteiger partial charge in [-0.1, -0.05) is 56.4 Å². The minimum Gasteiger partial charge on any atom is -0.444 e. The number of hydrogen-bond acceptors (Lipinski definition) is 3. The van der Waals surface area contributed by atoms with E-state index < -0.39 is 12.1 Å². The van der Waals surface area contributed by atoms with E-state index >= 15 is 0 Å². The Morgan fingerprint density at radius 2 is 1.91 bits per heavy atom. The van der Waals surface area contributed by atoms with Crippen LogP contribution in [0.1, 0.15) is 74.9 Å². The first-order chi connectivity index (χ1) is 10.6. The zero-order chi connectivity index (χ0) is 16.4. The normalized spacial score (nSPS) is 11.2. The van der Waals surface area contributed by atoms with Crippen LogP contribution in [-0.4, -0.2) is 11.8 Å². The van der Waals surface area contributed by atoms with E-state index in [9.17, 15) is 9.59 Å². The van der Waals surface area contributed by atoms with Crippen LogP contribution in [0.4, 0.5) is 0 Å². The molecule has 0 saturated carbocycles. The first kappa shape index (κ1) is 18.0. The Hall–Kier alpha value is -2.08. The van der Waals surface area contributed by atoms with E-state index in [2.05, 4.69) is 18.8 Å². The van der Waals surface area contributed by atoms with Crippen LogP contribution in [0, 0.1) is 11.8 Å². The number of carbonyl (C=O) groups excluding carboxylic acids is 2. The molecule has 0 spiro atoms. The molecule has 22 heavy (non-hydrogen) atoms. The highest BCUT2D eigenvalue weighted by molar-refractivity contribution is 5.97. The second kappa shape index (κ2) is 9.78. The largest absolute Gasteiger partial charge is 0.444 e. The number of hydrogen-bond donors (Lipinski definition) is 0. The summed E-state index contributed by atoms with van der Waals surface area (Å²) in [7, 11) is 0. The molecular formula is C19H24O3. The van der Waals surface area contributed by atoms with Crippen molar-refractivity contribution in [1.82, 2.24) is 0 Å². The van der Waals surface area contributed by atoms with Gasteiger partial charge in [0.2, 0.25) is 0 Å². The van der Waals surface area contributed by atoms with Crippen LogP contribution >= 0.6 is 0 Å². The SMILES string of the molecule is CCCCC#CC(OC(C)=O)c1ccccc1C(=O)CCC. The van der Waals surface area contributed by atoms with Crippen LogP contribution in [0.25, 0.3) is 0 Å². The van der Waals surface area contributed by atoms with Gasteiger partial charge in [-0.2, -0.15) is 0 Å². The van der Waals surface area contributed by atoms with Gasteiger partial charge in [-0.25, -0.2) is 0 Å². The van der Waals surface area contributed by atoms with Crippen LogP contribution in [0.15, 0.2) is 24.3 Å². The van der Waals surface area contributed by atoms with Crippen molar-refractivity contribution in [3.8, 4) is 11.8 Å². The van der Waals surface area contributed by atoms with Crippen molar-refractivity contribution in [2.75, 3.05) is 0 Å². The molecule has 0 aliphatic rings. The summed E-state index contributed by atoms with van der Waals surface area (Å²) in [6.45, 7) is 5.43. The molecule has 0 amide bonds. The third-order valence-corrected chi connectivity index (χ3v) is 3.19. The topological polar surface area (TPSA) is 43.4 Å². The van der Waals surface area contributed by atoms with Gasteiger partial charge >= 0.3 is 5.97 Å². The maximum atomic E-state index is 12.2. The van der Waals surface area contributed by atoms with Gasteiger partial charge in [0.1, 0.15) is 0 Å². The molecule has 0 saturated heterocycles. The first-order valence-corrected chi connectivity index (χ1v) is 7.87. The molecule has 1 rings (SSSR count). The number of ether oxygens (including phenoxy) is 1. The molecule has 118 valence electrons. The monoisotopic (exact) mass is 300 g/mol. The van der Waals surface area contributed by atoms with Crippen molar-refractivity contribution in [1.29, 1.82) is 0 Å². The summed E-state index contributed by atoms with van der Waals surface area (Å²) in [6, 6.07) is 7.24. The van der Waals surface area contributed by atoms with Crippen molar-refractivity contribution in [3.63, 3.8) is 0 Å². The third kappa shape index (κ3) is 5.73. The maximum Gasteiger partial charge on any atom is 0.304 e. The summed E-state index contributed by atoms with van der Waals surface area (Å²) < 4.78 is 5.32. The molecule has 1 atom stereocenters. The summed E-state index contributed by atoms with van der Waals surface area (Å²) in [6.07, 6.45) is 3.43. The predicted octanol–water partition coefficient (Wildman–Crippen LogP) is 4.47. The van der Waals surface area contributed by atoms with Crippen LogP contribution in [0.2, 0.25) is 0 Å². The van der Waals surface area contributed by atoms with Crippen molar-refractivity contribution < 1.29 is 14.3 Å². The van der Waals surface area contributed by atoms with Crippen LogP contribution < -0.4 is 0 Å². The number of esters is 1. The Balaban J connectivity index is 3.09. The highest BCUT2D eigenvalue weighted by Crippen LogP contribution is 2.23. The minimum absolute atomic E-state index is 0.0608. The molecule has 0 N–H and O–H groups in total. The number of ketones is 1.